The molecule has 0 aliphatic carbocycles. The quantitative estimate of drug-likeness (QED) is 0.165. The second-order valence-corrected chi connectivity index (χ2v) is 24.7. The van der Waals surface area contributed by atoms with Crippen LogP contribution in [0.1, 0.15) is 150 Å². The molecule has 0 bridgehead atoms. The van der Waals surface area contributed by atoms with E-state index in [0.29, 0.717) is 44.8 Å². The van der Waals surface area contributed by atoms with Gasteiger partial charge in [0.05, 0.1) is 29.0 Å². The van der Waals surface area contributed by atoms with Crippen molar-refractivity contribution in [3.8, 4) is 45.4 Å². The number of rotatable bonds is 4. The average molecular weight is 1160 g/mol. The zero-order chi connectivity index (χ0) is 56.9. The van der Waals surface area contributed by atoms with Gasteiger partial charge in [0.25, 0.3) is 0 Å². The first-order valence-corrected chi connectivity index (χ1v) is 25.3. The number of aryl methyl sites for hydroxylation is 1. The number of nitriles is 1. The molecule has 379 valence electrons. The minimum Gasteiger partial charge on any atom is -0.498 e. The number of hydrogen-bond acceptors (Lipinski definition) is 4. The first kappa shape index (κ1) is 47.1. The van der Waals surface area contributed by atoms with Gasteiger partial charge < -0.3 is 19.0 Å². The molecule has 0 fully saturated rings. The largest absolute Gasteiger partial charge is 0.498 e. The van der Waals surface area contributed by atoms with Gasteiger partial charge in [-0.2, -0.15) is 5.26 Å². The van der Waals surface area contributed by atoms with Gasteiger partial charge in [-0.15, -0.1) is 53.1 Å². The molecule has 5 nitrogen and oxygen atoms in total. The normalized spacial score (nSPS) is 13.4. The molecule has 0 saturated heterocycles. The van der Waals surface area contributed by atoms with Crippen LogP contribution < -0.4 is 0 Å². The van der Waals surface area contributed by atoms with Crippen LogP contribution in [0.4, 0.5) is 0 Å². The van der Waals surface area contributed by atoms with Crippen molar-refractivity contribution in [1.82, 2.24) is 14.5 Å². The molecule has 0 unspecified atom stereocenters. The van der Waals surface area contributed by atoms with Crippen LogP contribution in [0.25, 0.3) is 83.1 Å². The predicted octanol–water partition coefficient (Wildman–Crippen LogP) is 18.4. The van der Waals surface area contributed by atoms with Crippen molar-refractivity contribution < 1.29 is 31.4 Å². The van der Waals surface area contributed by atoms with E-state index in [-0.39, 0.29) is 64.8 Å². The van der Waals surface area contributed by atoms with Crippen LogP contribution in [0.3, 0.4) is 0 Å². The van der Waals surface area contributed by atoms with Crippen LogP contribution in [0.15, 0.2) is 138 Å². The van der Waals surface area contributed by atoms with Gasteiger partial charge in [0.1, 0.15) is 17.3 Å². The van der Waals surface area contributed by atoms with Gasteiger partial charge >= 0.3 is 0 Å². The Morgan fingerprint density at radius 3 is 1.68 bits per heavy atom. The maximum absolute atomic E-state index is 10.9. The molecular weight excluding hydrogens is 1080 g/mol. The number of pyridine rings is 2. The summed E-state index contributed by atoms with van der Waals surface area (Å²) in [5.74, 6) is 0. The molecule has 0 N–H and O–H groups in total. The van der Waals surface area contributed by atoms with E-state index in [4.69, 9.17) is 16.3 Å². The minimum absolute atomic E-state index is 0. The van der Waals surface area contributed by atoms with Gasteiger partial charge in [0.2, 0.25) is 0 Å². The molecular formula is C68H70IrN4O-2. The van der Waals surface area contributed by atoms with Gasteiger partial charge in [0, 0.05) is 48.7 Å². The Balaban J connectivity index is 0.000000330. The van der Waals surface area contributed by atoms with Crippen molar-refractivity contribution in [3.63, 3.8) is 0 Å². The summed E-state index contributed by atoms with van der Waals surface area (Å²) >= 11 is 0. The fourth-order valence-corrected chi connectivity index (χ4v) is 9.55. The van der Waals surface area contributed by atoms with Crippen LogP contribution in [-0.2, 0) is 47.2 Å². The van der Waals surface area contributed by atoms with E-state index in [0.717, 1.165) is 49.4 Å². The number of aromatic nitrogens is 3. The summed E-state index contributed by atoms with van der Waals surface area (Å²) in [6.45, 7) is 34.8. The van der Waals surface area contributed by atoms with Gasteiger partial charge in [-0.3, -0.25) is 0 Å². The Labute approximate surface area is 460 Å². The molecule has 10 aromatic rings. The summed E-state index contributed by atoms with van der Waals surface area (Å²) in [5, 5.41) is 14.7. The fraction of sp³-hybridized carbons (Fsp3) is 0.309. The Hall–Kier alpha value is -6.64. The molecule has 1 radical (unpaired) electrons. The van der Waals surface area contributed by atoms with Gasteiger partial charge in [-0.05, 0) is 97.0 Å². The molecule has 0 aliphatic rings. The van der Waals surface area contributed by atoms with Gasteiger partial charge in [-0.1, -0.05) is 194 Å². The third-order valence-electron chi connectivity index (χ3n) is 14.0. The maximum Gasteiger partial charge on any atom is 0.146 e. The van der Waals surface area contributed by atoms with E-state index in [1.165, 1.54) is 22.3 Å². The summed E-state index contributed by atoms with van der Waals surface area (Å²) in [7, 11) is 0. The Morgan fingerprint density at radius 1 is 0.581 bits per heavy atom. The van der Waals surface area contributed by atoms with E-state index in [9.17, 15) is 5.26 Å². The third kappa shape index (κ3) is 10.3. The fourth-order valence-electron chi connectivity index (χ4n) is 9.55. The number of hydrogen-bond donors (Lipinski definition) is 0. The minimum atomic E-state index is -0.444. The summed E-state index contributed by atoms with van der Waals surface area (Å²) in [6.07, 6.45) is 3.63. The predicted molar refractivity (Wildman–Crippen MR) is 307 cm³/mol. The molecule has 0 atom stereocenters. The number of benzene rings is 6. The zero-order valence-corrected chi connectivity index (χ0v) is 48.2. The Morgan fingerprint density at radius 2 is 1.14 bits per heavy atom. The van der Waals surface area contributed by atoms with E-state index >= 15 is 0 Å². The number of fused-ring (bicyclic) bond motifs is 6. The van der Waals surface area contributed by atoms with Crippen molar-refractivity contribution in [2.75, 3.05) is 0 Å². The first-order valence-electron chi connectivity index (χ1n) is 27.8. The van der Waals surface area contributed by atoms with Crippen molar-refractivity contribution in [1.29, 1.82) is 5.26 Å². The first-order chi connectivity index (χ1) is 36.3. The van der Waals surface area contributed by atoms with Crippen LogP contribution in [0, 0.1) is 30.4 Å². The van der Waals surface area contributed by atoms with Crippen LogP contribution in [-0.4, -0.2) is 14.5 Å². The standard InChI is InChI=1S/C49H46N3O.C19H24N.Ir/c1-29-28-51-40(26-38(29)30-14-12-11-13-15-30)36-22-23-39(49(8,9)10)43-37-19-16-31(27-50)44(46(37)53-45(36)43)52-41-24-32(47(2,3)4)17-20-34(41)35-21-18-33(25-42(35)52)48(5,6)7;1-18(2,3)15-9-7-8-14(12-15)17-11-10-16(13-20-17)19(4,5)6;/h11-21,23-26,28H,1-10H3;7,9-13H,1-6H3;/q2*-1;/i11D,12D,13D,14D,15D;;. The van der Waals surface area contributed by atoms with E-state index in [1.54, 1.807) is 12.3 Å². The molecule has 74 heavy (non-hydrogen) atoms. The van der Waals surface area contributed by atoms with Gasteiger partial charge in [0.15, 0.2) is 0 Å². The smallest absolute Gasteiger partial charge is 0.146 e. The van der Waals surface area contributed by atoms with E-state index in [2.05, 4.69) is 192 Å². The number of furan rings is 1. The van der Waals surface area contributed by atoms with Crippen molar-refractivity contribution in [3.05, 3.63) is 185 Å². The van der Waals surface area contributed by atoms with Gasteiger partial charge in [-0.25, -0.2) is 0 Å². The summed E-state index contributed by atoms with van der Waals surface area (Å²) < 4.78 is 51.7. The molecule has 4 heterocycles. The molecule has 10 rings (SSSR count). The average Bonchev–Trinajstić information content (AvgIpc) is 4.18. The SMILES string of the molecule is CC(C)(C)c1ccc(-c2[c-]ccc(C(C)(C)C)c2)nc1.[2H]c1c([2H])c([2H])c(-c2cc(-c3[c-]cc(C(C)(C)C)c4c3oc3c(-n5c6cc(C(C)(C)C)ccc6c6ccc(C(C)(C)C)cc65)c(C#N)ccc34)ncc2C)c([2H])c1[2H].[Ir]. The van der Waals surface area contributed by atoms with Crippen LogP contribution in [0.2, 0.25) is 0 Å². The summed E-state index contributed by atoms with van der Waals surface area (Å²) in [5.41, 5.74) is 14.1. The summed E-state index contributed by atoms with van der Waals surface area (Å²) in [4.78, 5) is 9.43. The van der Waals surface area contributed by atoms with E-state index in [1.807, 2.05) is 37.4 Å². The van der Waals surface area contributed by atoms with Crippen LogP contribution in [0.5, 0.6) is 0 Å². The van der Waals surface area contributed by atoms with Crippen molar-refractivity contribution in [2.45, 2.75) is 138 Å². The van der Waals surface area contributed by atoms with Crippen molar-refractivity contribution >= 4 is 43.7 Å². The van der Waals surface area contributed by atoms with Crippen molar-refractivity contribution in [2.24, 2.45) is 0 Å². The molecule has 0 aliphatic heterocycles. The third-order valence-corrected chi connectivity index (χ3v) is 14.0. The summed E-state index contributed by atoms with van der Waals surface area (Å²) in [6, 6.07) is 38.9. The maximum atomic E-state index is 10.9. The van der Waals surface area contributed by atoms with Crippen LogP contribution >= 0.6 is 0 Å². The Kier molecular flexibility index (Phi) is 12.5. The second-order valence-electron chi connectivity index (χ2n) is 24.7. The second kappa shape index (κ2) is 19.6. The topological polar surface area (TPSA) is 67.6 Å². The molecule has 0 saturated carbocycles. The number of nitrogens with zero attached hydrogens (tertiary/aromatic N) is 4. The van der Waals surface area contributed by atoms with E-state index < -0.39 is 18.1 Å². The molecule has 6 heteroatoms. The molecule has 0 spiro atoms. The zero-order valence-electron chi connectivity index (χ0n) is 50.8. The monoisotopic (exact) mass is 1160 g/mol. The molecule has 0 amide bonds. The molecule has 4 aromatic heterocycles. The molecule has 6 aromatic carbocycles. The Bertz CT molecular complexity index is 3970.